The van der Waals surface area contributed by atoms with E-state index in [9.17, 15) is 4.79 Å². The number of halogens is 1. The highest BCUT2D eigenvalue weighted by atomic mass is 35.5. The average molecular weight is 336 g/mol. The first-order chi connectivity index (χ1) is 10.6. The van der Waals surface area contributed by atoms with Gasteiger partial charge in [-0.05, 0) is 56.3 Å². The van der Waals surface area contributed by atoms with Crippen LogP contribution in [0.1, 0.15) is 30.3 Å². The number of aromatic nitrogens is 1. The normalized spacial score (nSPS) is 30.6. The van der Waals surface area contributed by atoms with Gasteiger partial charge in [-0.1, -0.05) is 11.6 Å². The molecular weight excluding hydrogens is 318 g/mol. The molecule has 3 aliphatic heterocycles. The third kappa shape index (κ3) is 2.32. The Bertz CT molecular complexity index is 721. The number of carbonyl (C=O) groups is 1. The standard InChI is InChI=1S/C16H18ClN3OS/c1-9-14(10-2-5-20(9)6-3-10)19-16(21)12-8-13-11(4-7-22-13)15(17)18-12/h4,7-10,14H,2-3,5-6H2,1H3,(H,19,21)/t9-,14+/m1/s1. The predicted octanol–water partition coefficient (Wildman–Crippen LogP) is 3.16. The maximum atomic E-state index is 12.6. The molecule has 22 heavy (non-hydrogen) atoms. The van der Waals surface area contributed by atoms with Crippen molar-refractivity contribution in [3.05, 3.63) is 28.4 Å². The molecule has 3 saturated heterocycles. The first-order valence-corrected chi connectivity index (χ1v) is 8.98. The van der Waals surface area contributed by atoms with Gasteiger partial charge in [0.25, 0.3) is 5.91 Å². The van der Waals surface area contributed by atoms with Crippen LogP contribution in [0, 0.1) is 5.92 Å². The Labute approximate surface area is 138 Å². The van der Waals surface area contributed by atoms with Crippen molar-refractivity contribution in [2.45, 2.75) is 31.8 Å². The number of nitrogens with zero attached hydrogens (tertiary/aromatic N) is 2. The maximum absolute atomic E-state index is 12.6. The van der Waals surface area contributed by atoms with E-state index in [0.29, 0.717) is 22.8 Å². The van der Waals surface area contributed by atoms with E-state index >= 15 is 0 Å². The van der Waals surface area contributed by atoms with Crippen molar-refractivity contribution in [3.63, 3.8) is 0 Å². The zero-order valence-electron chi connectivity index (χ0n) is 12.4. The Morgan fingerprint density at radius 1 is 1.45 bits per heavy atom. The van der Waals surface area contributed by atoms with E-state index in [2.05, 4.69) is 22.1 Å². The molecule has 4 nitrogen and oxygen atoms in total. The molecular formula is C16H18ClN3OS. The smallest absolute Gasteiger partial charge is 0.270 e. The predicted molar refractivity (Wildman–Crippen MR) is 89.6 cm³/mol. The third-order valence-corrected chi connectivity index (χ3v) is 6.26. The van der Waals surface area contributed by atoms with Gasteiger partial charge in [-0.2, -0.15) is 0 Å². The van der Waals surface area contributed by atoms with Gasteiger partial charge in [0.05, 0.1) is 0 Å². The number of piperidine rings is 3. The molecule has 3 aliphatic rings. The van der Waals surface area contributed by atoms with E-state index in [1.54, 1.807) is 11.3 Å². The van der Waals surface area contributed by atoms with Gasteiger partial charge in [-0.3, -0.25) is 9.69 Å². The second-order valence-corrected chi connectivity index (χ2v) is 7.55. The van der Waals surface area contributed by atoms with Crippen LogP contribution in [-0.4, -0.2) is 41.0 Å². The lowest BCUT2D eigenvalue weighted by Gasteiger charge is -2.49. The number of thiophene rings is 1. The minimum atomic E-state index is -0.109. The van der Waals surface area contributed by atoms with Crippen LogP contribution < -0.4 is 5.32 Å². The molecule has 5 heterocycles. The molecule has 2 bridgehead atoms. The minimum Gasteiger partial charge on any atom is -0.346 e. The molecule has 0 radical (unpaired) electrons. The number of fused-ring (bicyclic) bond motifs is 4. The fourth-order valence-corrected chi connectivity index (χ4v) is 4.95. The summed E-state index contributed by atoms with van der Waals surface area (Å²) in [5.74, 6) is 0.479. The number of rotatable bonds is 2. The summed E-state index contributed by atoms with van der Waals surface area (Å²) in [5.41, 5.74) is 0.420. The lowest BCUT2D eigenvalue weighted by Crippen LogP contribution is -2.62. The van der Waals surface area contributed by atoms with Crippen molar-refractivity contribution in [1.82, 2.24) is 15.2 Å². The molecule has 116 valence electrons. The number of hydrogen-bond acceptors (Lipinski definition) is 4. The number of hydrogen-bond donors (Lipinski definition) is 1. The van der Waals surface area contributed by atoms with Gasteiger partial charge in [0, 0.05) is 22.2 Å². The van der Waals surface area contributed by atoms with Crippen LogP contribution in [0.4, 0.5) is 0 Å². The summed E-state index contributed by atoms with van der Waals surface area (Å²) < 4.78 is 1.01. The van der Waals surface area contributed by atoms with E-state index in [1.807, 2.05) is 17.5 Å². The first kappa shape index (κ1) is 14.4. The average Bonchev–Trinajstić information content (AvgIpc) is 3.00. The summed E-state index contributed by atoms with van der Waals surface area (Å²) in [4.78, 5) is 19.3. The van der Waals surface area contributed by atoms with Crippen molar-refractivity contribution in [1.29, 1.82) is 0 Å². The van der Waals surface area contributed by atoms with Gasteiger partial charge in [0.1, 0.15) is 10.8 Å². The number of nitrogens with one attached hydrogen (secondary N) is 1. The summed E-state index contributed by atoms with van der Waals surface area (Å²) in [7, 11) is 0. The highest BCUT2D eigenvalue weighted by molar-refractivity contribution is 7.17. The molecule has 6 heteroatoms. The largest absolute Gasteiger partial charge is 0.346 e. The summed E-state index contributed by atoms with van der Waals surface area (Å²) in [5, 5.41) is 6.50. The molecule has 0 aliphatic carbocycles. The second kappa shape index (κ2) is 5.48. The van der Waals surface area contributed by atoms with Gasteiger partial charge < -0.3 is 5.32 Å². The molecule has 5 rings (SSSR count). The number of pyridine rings is 1. The van der Waals surface area contributed by atoms with Crippen molar-refractivity contribution in [2.75, 3.05) is 13.1 Å². The molecule has 0 saturated carbocycles. The SMILES string of the molecule is C[C@@H]1[C@H](NC(=O)c2cc3sccc3c(Cl)n2)C2CCN1CC2. The minimum absolute atomic E-state index is 0.109. The lowest BCUT2D eigenvalue weighted by atomic mass is 9.79. The van der Waals surface area contributed by atoms with Crippen LogP contribution >= 0.6 is 22.9 Å². The van der Waals surface area contributed by atoms with Crippen LogP contribution in [0.5, 0.6) is 0 Å². The van der Waals surface area contributed by atoms with Gasteiger partial charge in [0.15, 0.2) is 0 Å². The topological polar surface area (TPSA) is 45.2 Å². The van der Waals surface area contributed by atoms with E-state index in [-0.39, 0.29) is 11.9 Å². The maximum Gasteiger partial charge on any atom is 0.270 e. The van der Waals surface area contributed by atoms with Crippen molar-refractivity contribution < 1.29 is 4.79 Å². The highest BCUT2D eigenvalue weighted by Gasteiger charge is 2.40. The van der Waals surface area contributed by atoms with Crippen LogP contribution in [0.3, 0.4) is 0 Å². The van der Waals surface area contributed by atoms with Gasteiger partial charge >= 0.3 is 0 Å². The fourth-order valence-electron chi connectivity index (χ4n) is 3.81. The Balaban J connectivity index is 1.58. The van der Waals surface area contributed by atoms with Crippen molar-refractivity contribution >= 4 is 38.9 Å². The Hall–Kier alpha value is -1.17. The highest BCUT2D eigenvalue weighted by Crippen LogP contribution is 2.32. The zero-order chi connectivity index (χ0) is 15.3. The molecule has 1 amide bonds. The third-order valence-electron chi connectivity index (χ3n) is 5.11. The summed E-state index contributed by atoms with van der Waals surface area (Å²) >= 11 is 7.77. The summed E-state index contributed by atoms with van der Waals surface area (Å²) in [6.45, 7) is 4.52. The molecule has 2 aromatic rings. The Kier molecular flexibility index (Phi) is 3.59. The van der Waals surface area contributed by atoms with E-state index in [0.717, 1.165) is 23.2 Å². The van der Waals surface area contributed by atoms with Gasteiger partial charge in [-0.25, -0.2) is 4.98 Å². The molecule has 2 atom stereocenters. The van der Waals surface area contributed by atoms with Crippen molar-refractivity contribution in [2.24, 2.45) is 5.92 Å². The zero-order valence-corrected chi connectivity index (χ0v) is 14.0. The quantitative estimate of drug-likeness (QED) is 0.857. The molecule has 0 spiro atoms. The summed E-state index contributed by atoms with van der Waals surface area (Å²) in [6, 6.07) is 4.40. The molecule has 0 unspecified atom stereocenters. The lowest BCUT2D eigenvalue weighted by molar-refractivity contribution is 0.0216. The molecule has 1 N–H and O–H groups in total. The van der Waals surface area contributed by atoms with Gasteiger partial charge in [0.2, 0.25) is 0 Å². The summed E-state index contributed by atoms with van der Waals surface area (Å²) in [6.07, 6.45) is 2.35. The van der Waals surface area contributed by atoms with Crippen molar-refractivity contribution in [3.8, 4) is 0 Å². The fraction of sp³-hybridized carbons (Fsp3) is 0.500. The van der Waals surface area contributed by atoms with E-state index in [4.69, 9.17) is 11.6 Å². The number of amides is 1. The first-order valence-electron chi connectivity index (χ1n) is 7.72. The van der Waals surface area contributed by atoms with E-state index < -0.39 is 0 Å². The van der Waals surface area contributed by atoms with Gasteiger partial charge in [-0.15, -0.1) is 11.3 Å². The monoisotopic (exact) mass is 335 g/mol. The molecule has 2 aromatic heterocycles. The van der Waals surface area contributed by atoms with E-state index in [1.165, 1.54) is 12.8 Å². The van der Waals surface area contributed by atoms with Crippen LogP contribution in [0.2, 0.25) is 5.15 Å². The molecule has 3 fully saturated rings. The second-order valence-electron chi connectivity index (χ2n) is 6.24. The van der Waals surface area contributed by atoms with Crippen LogP contribution in [-0.2, 0) is 0 Å². The van der Waals surface area contributed by atoms with Crippen LogP contribution in [0.25, 0.3) is 10.1 Å². The van der Waals surface area contributed by atoms with Crippen LogP contribution in [0.15, 0.2) is 17.5 Å². The Morgan fingerprint density at radius 3 is 2.95 bits per heavy atom. The Morgan fingerprint density at radius 2 is 2.23 bits per heavy atom. The molecule has 0 aromatic carbocycles. The number of carbonyl (C=O) groups excluding carboxylic acids is 1.